The lowest BCUT2D eigenvalue weighted by molar-refractivity contribution is -0.138. The molecule has 0 radical (unpaired) electrons. The van der Waals surface area contributed by atoms with Crippen LogP contribution in [-0.2, 0) is 4.74 Å². The van der Waals surface area contributed by atoms with Crippen LogP contribution < -0.4 is 5.32 Å². The molecule has 17 heavy (non-hydrogen) atoms. The molecule has 0 saturated heterocycles. The molecule has 0 aliphatic rings. The molecule has 0 aromatic carbocycles. The van der Waals surface area contributed by atoms with Crippen molar-refractivity contribution in [3.05, 3.63) is 0 Å². The first kappa shape index (κ1) is 16.7. The van der Waals surface area contributed by atoms with Crippen LogP contribution in [0.2, 0.25) is 0 Å². The van der Waals surface area contributed by atoms with Crippen LogP contribution in [0.5, 0.6) is 0 Å². The molecule has 0 rings (SSSR count). The highest BCUT2D eigenvalue weighted by molar-refractivity contribution is 4.81. The average Bonchev–Trinajstić information content (AvgIpc) is 2.24. The minimum atomic E-state index is -4.12. The molecule has 6 heteroatoms. The standard InChI is InChI=1S/C11H22F3NO2/c1-3-6-15-10(2,8-16)9-17-7-4-5-11(12,13)14/h15-16H,3-9H2,1-2H3. The van der Waals surface area contributed by atoms with Gasteiger partial charge in [-0.05, 0) is 26.3 Å². The van der Waals surface area contributed by atoms with Crippen molar-refractivity contribution in [2.75, 3.05) is 26.4 Å². The van der Waals surface area contributed by atoms with Crippen LogP contribution in [0.4, 0.5) is 13.2 Å². The van der Waals surface area contributed by atoms with Crippen LogP contribution in [-0.4, -0.2) is 43.2 Å². The Balaban J connectivity index is 3.69. The van der Waals surface area contributed by atoms with Crippen molar-refractivity contribution >= 4 is 0 Å². The molecule has 0 bridgehead atoms. The monoisotopic (exact) mass is 257 g/mol. The minimum Gasteiger partial charge on any atom is -0.394 e. The molecule has 0 saturated carbocycles. The third kappa shape index (κ3) is 9.38. The van der Waals surface area contributed by atoms with Crippen molar-refractivity contribution in [2.24, 2.45) is 0 Å². The second-order valence-electron chi connectivity index (χ2n) is 4.42. The smallest absolute Gasteiger partial charge is 0.389 e. The number of rotatable bonds is 9. The summed E-state index contributed by atoms with van der Waals surface area (Å²) < 4.78 is 40.7. The van der Waals surface area contributed by atoms with Gasteiger partial charge in [-0.3, -0.25) is 0 Å². The highest BCUT2D eigenvalue weighted by atomic mass is 19.4. The Morgan fingerprint density at radius 1 is 1.29 bits per heavy atom. The molecule has 0 aromatic heterocycles. The second-order valence-corrected chi connectivity index (χ2v) is 4.42. The molecule has 2 N–H and O–H groups in total. The number of hydrogen-bond acceptors (Lipinski definition) is 3. The Morgan fingerprint density at radius 2 is 1.94 bits per heavy atom. The number of hydrogen-bond donors (Lipinski definition) is 2. The van der Waals surface area contributed by atoms with Gasteiger partial charge in [-0.25, -0.2) is 0 Å². The van der Waals surface area contributed by atoms with E-state index in [1.807, 2.05) is 6.92 Å². The van der Waals surface area contributed by atoms with Crippen LogP contribution in [0.25, 0.3) is 0 Å². The quantitative estimate of drug-likeness (QED) is 0.621. The van der Waals surface area contributed by atoms with Gasteiger partial charge in [0, 0.05) is 13.0 Å². The van der Waals surface area contributed by atoms with Crippen molar-refractivity contribution in [3.63, 3.8) is 0 Å². The fourth-order valence-corrected chi connectivity index (χ4v) is 1.25. The molecule has 1 unspecified atom stereocenters. The molecule has 0 heterocycles. The predicted octanol–water partition coefficient (Wildman–Crippen LogP) is 2.10. The second kappa shape index (κ2) is 7.89. The predicted molar refractivity (Wildman–Crippen MR) is 59.9 cm³/mol. The van der Waals surface area contributed by atoms with Crippen LogP contribution in [0.1, 0.15) is 33.1 Å². The fourth-order valence-electron chi connectivity index (χ4n) is 1.25. The molecule has 0 amide bonds. The molecular formula is C11H22F3NO2. The first-order valence-corrected chi connectivity index (χ1v) is 5.83. The zero-order valence-corrected chi connectivity index (χ0v) is 10.4. The van der Waals surface area contributed by atoms with E-state index in [2.05, 4.69) is 5.32 Å². The lowest BCUT2D eigenvalue weighted by Crippen LogP contribution is -2.50. The summed E-state index contributed by atoms with van der Waals surface area (Å²) in [6.45, 7) is 4.68. The Kier molecular flexibility index (Phi) is 7.74. The fraction of sp³-hybridized carbons (Fsp3) is 1.00. The van der Waals surface area contributed by atoms with Gasteiger partial charge in [0.25, 0.3) is 0 Å². The van der Waals surface area contributed by atoms with Crippen molar-refractivity contribution in [3.8, 4) is 0 Å². The Labute approximate surface area is 100 Å². The molecule has 0 aliphatic heterocycles. The van der Waals surface area contributed by atoms with Crippen LogP contribution in [0.15, 0.2) is 0 Å². The van der Waals surface area contributed by atoms with E-state index in [4.69, 9.17) is 4.74 Å². The van der Waals surface area contributed by atoms with Gasteiger partial charge in [0.05, 0.1) is 18.8 Å². The molecule has 3 nitrogen and oxygen atoms in total. The van der Waals surface area contributed by atoms with Gasteiger partial charge in [-0.1, -0.05) is 6.92 Å². The van der Waals surface area contributed by atoms with E-state index in [0.717, 1.165) is 13.0 Å². The number of aliphatic hydroxyl groups is 1. The highest BCUT2D eigenvalue weighted by Gasteiger charge is 2.26. The zero-order valence-electron chi connectivity index (χ0n) is 10.4. The van der Waals surface area contributed by atoms with Gasteiger partial charge in [-0.2, -0.15) is 13.2 Å². The number of nitrogens with one attached hydrogen (secondary N) is 1. The third-order valence-electron chi connectivity index (χ3n) is 2.32. The Morgan fingerprint density at radius 3 is 2.41 bits per heavy atom. The molecular weight excluding hydrogens is 235 g/mol. The largest absolute Gasteiger partial charge is 0.394 e. The first-order valence-electron chi connectivity index (χ1n) is 5.83. The Hall–Kier alpha value is -0.330. The Bertz CT molecular complexity index is 200. The van der Waals surface area contributed by atoms with Gasteiger partial charge < -0.3 is 15.2 Å². The topological polar surface area (TPSA) is 41.5 Å². The van der Waals surface area contributed by atoms with Crippen LogP contribution in [0, 0.1) is 0 Å². The zero-order chi connectivity index (χ0) is 13.4. The molecule has 1 atom stereocenters. The molecule has 0 aliphatic carbocycles. The van der Waals surface area contributed by atoms with Gasteiger partial charge in [0.2, 0.25) is 0 Å². The lowest BCUT2D eigenvalue weighted by Gasteiger charge is -2.28. The number of ether oxygens (including phenoxy) is 1. The summed E-state index contributed by atoms with van der Waals surface area (Å²) in [6.07, 6.45) is -4.07. The molecule has 0 aromatic rings. The molecule has 0 fully saturated rings. The minimum absolute atomic E-state index is 0.0429. The van der Waals surface area contributed by atoms with Crippen molar-refractivity contribution in [2.45, 2.75) is 44.8 Å². The van der Waals surface area contributed by atoms with Gasteiger partial charge in [0.15, 0.2) is 0 Å². The van der Waals surface area contributed by atoms with Gasteiger partial charge >= 0.3 is 6.18 Å². The van der Waals surface area contributed by atoms with E-state index >= 15 is 0 Å². The average molecular weight is 257 g/mol. The first-order chi connectivity index (χ1) is 7.83. The summed E-state index contributed by atoms with van der Waals surface area (Å²) in [4.78, 5) is 0. The number of aliphatic hydroxyl groups excluding tert-OH is 1. The maximum absolute atomic E-state index is 11.8. The third-order valence-corrected chi connectivity index (χ3v) is 2.32. The SMILES string of the molecule is CCCNC(C)(CO)COCCCC(F)(F)F. The summed E-state index contributed by atoms with van der Waals surface area (Å²) >= 11 is 0. The van der Waals surface area contributed by atoms with E-state index in [1.165, 1.54) is 0 Å². The summed E-state index contributed by atoms with van der Waals surface area (Å²) in [6, 6.07) is 0. The highest BCUT2D eigenvalue weighted by Crippen LogP contribution is 2.21. The summed E-state index contributed by atoms with van der Waals surface area (Å²) in [7, 11) is 0. The summed E-state index contributed by atoms with van der Waals surface area (Å²) in [5.41, 5.74) is -0.575. The van der Waals surface area contributed by atoms with E-state index < -0.39 is 18.1 Å². The van der Waals surface area contributed by atoms with Crippen molar-refractivity contribution in [1.82, 2.24) is 5.32 Å². The van der Waals surface area contributed by atoms with Crippen molar-refractivity contribution in [1.29, 1.82) is 0 Å². The summed E-state index contributed by atoms with van der Waals surface area (Å²) in [5, 5.41) is 12.3. The van der Waals surface area contributed by atoms with E-state index in [9.17, 15) is 18.3 Å². The van der Waals surface area contributed by atoms with Gasteiger partial charge in [-0.15, -0.1) is 0 Å². The van der Waals surface area contributed by atoms with Crippen molar-refractivity contribution < 1.29 is 23.0 Å². The maximum atomic E-state index is 11.8. The van der Waals surface area contributed by atoms with Crippen LogP contribution >= 0.6 is 0 Å². The molecule has 0 spiro atoms. The maximum Gasteiger partial charge on any atom is 0.389 e. The summed E-state index contributed by atoms with van der Waals surface area (Å²) in [5.74, 6) is 0. The van der Waals surface area contributed by atoms with Gasteiger partial charge in [0.1, 0.15) is 0 Å². The lowest BCUT2D eigenvalue weighted by atomic mass is 10.1. The van der Waals surface area contributed by atoms with E-state index in [1.54, 1.807) is 6.92 Å². The number of halogens is 3. The van der Waals surface area contributed by atoms with Crippen LogP contribution in [0.3, 0.4) is 0 Å². The van der Waals surface area contributed by atoms with E-state index in [-0.39, 0.29) is 26.2 Å². The normalized spacial score (nSPS) is 15.9. The molecule has 104 valence electrons. The van der Waals surface area contributed by atoms with E-state index in [0.29, 0.717) is 0 Å². The number of alkyl halides is 3.